The minimum Gasteiger partial charge on any atom is -0.481 e. The molecule has 4 heteroatoms. The molecule has 0 spiro atoms. The molecule has 0 fully saturated rings. The van der Waals surface area contributed by atoms with Gasteiger partial charge in [-0.15, -0.1) is 0 Å². The average Bonchev–Trinajstić information content (AvgIpc) is 2.88. The number of hydrogen-bond acceptors (Lipinski definition) is 2. The first-order valence-electron chi connectivity index (χ1n) is 8.37. The Morgan fingerprint density at radius 3 is 3.00 bits per heavy atom. The van der Waals surface area contributed by atoms with Gasteiger partial charge in [0.05, 0.1) is 5.92 Å². The number of carboxylic acid groups (broad SMARTS) is 1. The van der Waals surface area contributed by atoms with Crippen molar-refractivity contribution in [2.24, 2.45) is 5.92 Å². The van der Waals surface area contributed by atoms with Crippen LogP contribution in [0.5, 0.6) is 0 Å². The second-order valence-electron chi connectivity index (χ2n) is 6.79. The van der Waals surface area contributed by atoms with Crippen LogP contribution in [0.1, 0.15) is 30.2 Å². The molecule has 2 heterocycles. The Morgan fingerprint density at radius 2 is 2.26 bits per heavy atom. The molecule has 0 bridgehead atoms. The molecule has 2 N–H and O–H groups in total. The lowest BCUT2D eigenvalue weighted by molar-refractivity contribution is -0.140. The fourth-order valence-electron chi connectivity index (χ4n) is 4.23. The molecule has 1 aromatic heterocycles. The van der Waals surface area contributed by atoms with Gasteiger partial charge in [-0.2, -0.15) is 0 Å². The van der Waals surface area contributed by atoms with Gasteiger partial charge in [0.15, 0.2) is 0 Å². The molecule has 1 aliphatic carbocycles. The van der Waals surface area contributed by atoms with Gasteiger partial charge in [0.25, 0.3) is 0 Å². The van der Waals surface area contributed by atoms with Crippen LogP contribution in [0.2, 0.25) is 0 Å². The number of benzene rings is 1. The maximum absolute atomic E-state index is 11.5. The molecule has 0 saturated carbocycles. The molecule has 4 rings (SSSR count). The summed E-state index contributed by atoms with van der Waals surface area (Å²) in [6.07, 6.45) is 5.15. The molecule has 0 amide bonds. The average molecular weight is 310 g/mol. The standard InChI is InChI=1S/C19H22N2O2/c1-3-5-15-14-9-17-13(8-11(19(22)23)10-21(17)2)12-6-4-7-16(20-15)18(12)14/h4,6-8,11,17,20H,3,5,9-10H2,1-2H3,(H,22,23)/t11-,17-/m1/s1. The topological polar surface area (TPSA) is 56.3 Å². The predicted octanol–water partition coefficient (Wildman–Crippen LogP) is 3.07. The smallest absolute Gasteiger partial charge is 0.311 e. The monoisotopic (exact) mass is 310 g/mol. The van der Waals surface area contributed by atoms with Crippen LogP contribution >= 0.6 is 0 Å². The third-order valence-corrected chi connectivity index (χ3v) is 5.30. The Kier molecular flexibility index (Phi) is 3.31. The zero-order valence-corrected chi connectivity index (χ0v) is 13.6. The number of aryl methyl sites for hydroxylation is 1. The van der Waals surface area contributed by atoms with E-state index in [9.17, 15) is 9.90 Å². The summed E-state index contributed by atoms with van der Waals surface area (Å²) in [4.78, 5) is 17.3. The van der Waals surface area contributed by atoms with Gasteiger partial charge in [-0.05, 0) is 42.7 Å². The van der Waals surface area contributed by atoms with Crippen LogP contribution in [0.4, 0.5) is 0 Å². The number of fused-ring (bicyclic) bond motifs is 2. The van der Waals surface area contributed by atoms with E-state index in [1.165, 1.54) is 33.3 Å². The highest BCUT2D eigenvalue weighted by Crippen LogP contribution is 2.42. The van der Waals surface area contributed by atoms with Crippen molar-refractivity contribution in [3.63, 3.8) is 0 Å². The highest BCUT2D eigenvalue weighted by atomic mass is 16.4. The van der Waals surface area contributed by atoms with Gasteiger partial charge >= 0.3 is 5.97 Å². The summed E-state index contributed by atoms with van der Waals surface area (Å²) in [7, 11) is 2.05. The fraction of sp³-hybridized carbons (Fsp3) is 0.421. The van der Waals surface area contributed by atoms with E-state index in [0.717, 1.165) is 19.3 Å². The largest absolute Gasteiger partial charge is 0.481 e. The third-order valence-electron chi connectivity index (χ3n) is 5.30. The maximum atomic E-state index is 11.5. The van der Waals surface area contributed by atoms with Gasteiger partial charge in [0, 0.05) is 29.2 Å². The molecule has 120 valence electrons. The Balaban J connectivity index is 1.94. The van der Waals surface area contributed by atoms with Gasteiger partial charge in [-0.25, -0.2) is 0 Å². The lowest BCUT2D eigenvalue weighted by atomic mass is 9.79. The van der Waals surface area contributed by atoms with Gasteiger partial charge in [0.2, 0.25) is 0 Å². The van der Waals surface area contributed by atoms with Crippen LogP contribution in [-0.4, -0.2) is 40.6 Å². The van der Waals surface area contributed by atoms with Gasteiger partial charge < -0.3 is 10.1 Å². The summed E-state index contributed by atoms with van der Waals surface area (Å²) in [6.45, 7) is 2.79. The van der Waals surface area contributed by atoms with Crippen LogP contribution in [0, 0.1) is 5.92 Å². The fourth-order valence-corrected chi connectivity index (χ4v) is 4.23. The highest BCUT2D eigenvalue weighted by molar-refractivity contribution is 5.99. The quantitative estimate of drug-likeness (QED) is 0.916. The summed E-state index contributed by atoms with van der Waals surface area (Å²) in [6, 6.07) is 6.63. The maximum Gasteiger partial charge on any atom is 0.311 e. The summed E-state index contributed by atoms with van der Waals surface area (Å²) in [5.74, 6) is -1.15. The Morgan fingerprint density at radius 1 is 1.43 bits per heavy atom. The number of likely N-dealkylation sites (N-methyl/N-ethyl adjacent to an activating group) is 1. The molecule has 1 aromatic carbocycles. The number of hydrogen-bond donors (Lipinski definition) is 2. The summed E-state index contributed by atoms with van der Waals surface area (Å²) in [5.41, 5.74) is 6.36. The first-order valence-corrected chi connectivity index (χ1v) is 8.37. The molecular weight excluding hydrogens is 288 g/mol. The van der Waals surface area contributed by atoms with E-state index in [0.29, 0.717) is 6.54 Å². The summed E-state index contributed by atoms with van der Waals surface area (Å²) in [5, 5.41) is 10.7. The van der Waals surface area contributed by atoms with Gasteiger partial charge in [0.1, 0.15) is 0 Å². The predicted molar refractivity (Wildman–Crippen MR) is 91.5 cm³/mol. The zero-order valence-electron chi connectivity index (χ0n) is 13.6. The van der Waals surface area contributed by atoms with E-state index in [1.54, 1.807) is 0 Å². The van der Waals surface area contributed by atoms with Crippen LogP contribution in [-0.2, 0) is 17.6 Å². The number of rotatable bonds is 3. The molecular formula is C19H22N2O2. The molecule has 0 unspecified atom stereocenters. The number of H-pyrrole nitrogens is 1. The minimum atomic E-state index is -0.735. The van der Waals surface area contributed by atoms with E-state index in [1.807, 2.05) is 13.1 Å². The minimum absolute atomic E-state index is 0.287. The second kappa shape index (κ2) is 5.24. The van der Waals surface area contributed by atoms with Crippen LogP contribution in [0.15, 0.2) is 24.3 Å². The van der Waals surface area contributed by atoms with Crippen LogP contribution in [0.3, 0.4) is 0 Å². The second-order valence-corrected chi connectivity index (χ2v) is 6.79. The van der Waals surface area contributed by atoms with Crippen molar-refractivity contribution in [2.45, 2.75) is 32.2 Å². The van der Waals surface area contributed by atoms with E-state index < -0.39 is 11.9 Å². The molecule has 2 atom stereocenters. The van der Waals surface area contributed by atoms with Crippen molar-refractivity contribution >= 4 is 22.4 Å². The molecule has 2 aromatic rings. The molecule has 1 aliphatic heterocycles. The normalized spacial score (nSPS) is 23.7. The Labute approximate surface area is 135 Å². The number of carboxylic acids is 1. The van der Waals surface area contributed by atoms with Crippen molar-refractivity contribution < 1.29 is 9.90 Å². The SMILES string of the molecule is CCCc1[nH]c2cccc3c2c1C[C@@H]1C3=C[C@@H](C(=O)O)CN1C. The Bertz CT molecular complexity index is 818. The molecule has 0 radical (unpaired) electrons. The third kappa shape index (κ3) is 2.12. The summed E-state index contributed by atoms with van der Waals surface area (Å²) < 4.78 is 0. The molecule has 23 heavy (non-hydrogen) atoms. The first-order chi connectivity index (χ1) is 11.1. The number of nitrogens with zero attached hydrogens (tertiary/aromatic N) is 1. The van der Waals surface area contributed by atoms with Crippen molar-refractivity contribution in [1.82, 2.24) is 9.88 Å². The van der Waals surface area contributed by atoms with Gasteiger partial charge in [-0.1, -0.05) is 31.6 Å². The van der Waals surface area contributed by atoms with E-state index >= 15 is 0 Å². The van der Waals surface area contributed by atoms with E-state index in [-0.39, 0.29) is 6.04 Å². The number of carbonyl (C=O) groups is 1. The number of aromatic nitrogens is 1. The van der Waals surface area contributed by atoms with Crippen molar-refractivity contribution in [3.05, 3.63) is 41.1 Å². The summed E-state index contributed by atoms with van der Waals surface area (Å²) >= 11 is 0. The van der Waals surface area contributed by atoms with E-state index in [2.05, 4.69) is 35.0 Å². The molecule has 4 nitrogen and oxygen atoms in total. The number of aromatic amines is 1. The van der Waals surface area contributed by atoms with Crippen LogP contribution in [0.25, 0.3) is 16.5 Å². The molecule has 0 saturated heterocycles. The highest BCUT2D eigenvalue weighted by Gasteiger charge is 2.36. The van der Waals surface area contributed by atoms with Crippen molar-refractivity contribution in [1.29, 1.82) is 0 Å². The van der Waals surface area contributed by atoms with Crippen molar-refractivity contribution in [2.75, 3.05) is 13.6 Å². The lowest BCUT2D eigenvalue weighted by Gasteiger charge is -2.39. The number of nitrogens with one attached hydrogen (secondary N) is 1. The molecule has 2 aliphatic rings. The van der Waals surface area contributed by atoms with Crippen LogP contribution < -0.4 is 0 Å². The first kappa shape index (κ1) is 14.5. The van der Waals surface area contributed by atoms with Crippen molar-refractivity contribution in [3.8, 4) is 0 Å². The number of aliphatic carboxylic acids is 1. The lowest BCUT2D eigenvalue weighted by Crippen LogP contribution is -2.44. The zero-order chi connectivity index (χ0) is 16.1. The Hall–Kier alpha value is -2.07. The van der Waals surface area contributed by atoms with Gasteiger partial charge in [-0.3, -0.25) is 9.69 Å². The van der Waals surface area contributed by atoms with E-state index in [4.69, 9.17) is 0 Å².